The van der Waals surface area contributed by atoms with Crippen LogP contribution in [0.1, 0.15) is 43.0 Å². The summed E-state index contributed by atoms with van der Waals surface area (Å²) in [5.41, 5.74) is 0.610. The van der Waals surface area contributed by atoms with Crippen molar-refractivity contribution in [1.29, 1.82) is 0 Å². The normalized spacial score (nSPS) is 16.0. The quantitative estimate of drug-likeness (QED) is 0.606. The van der Waals surface area contributed by atoms with E-state index in [9.17, 15) is 13.2 Å². The molecule has 2 N–H and O–H groups in total. The highest BCUT2D eigenvalue weighted by atomic mass is 32.2. The van der Waals surface area contributed by atoms with E-state index in [1.165, 1.54) is 0 Å². The van der Waals surface area contributed by atoms with Crippen LogP contribution in [-0.2, 0) is 21.2 Å². The summed E-state index contributed by atoms with van der Waals surface area (Å²) in [4.78, 5) is 20.5. The smallest absolute Gasteiger partial charge is 0.263 e. The number of rotatable bonds is 9. The number of nitrogens with zero attached hydrogens (tertiary/aromatic N) is 3. The minimum absolute atomic E-state index is 0.0139. The molecule has 2 heterocycles. The van der Waals surface area contributed by atoms with Crippen LogP contribution in [0.15, 0.2) is 38.7 Å². The summed E-state index contributed by atoms with van der Waals surface area (Å²) in [6.45, 7) is 2.72. The Morgan fingerprint density at radius 2 is 2.07 bits per heavy atom. The fourth-order valence-electron chi connectivity index (χ4n) is 2.86. The van der Waals surface area contributed by atoms with E-state index in [1.807, 2.05) is 0 Å². The molecule has 3 rings (SSSR count). The van der Waals surface area contributed by atoms with Crippen molar-refractivity contribution in [3.8, 4) is 0 Å². The molecule has 1 aromatic carbocycles. The number of fused-ring (bicyclic) bond motifs is 1. The molecule has 0 unspecified atom stereocenters. The number of aliphatic imine (C=N–C) groups is 1. The zero-order chi connectivity index (χ0) is 20.0. The topological polar surface area (TPSA) is 127 Å². The Balaban J connectivity index is 1.32. The summed E-state index contributed by atoms with van der Waals surface area (Å²) in [5.74, 6) is 1.48. The number of hydrogen-bond donors (Lipinski definition) is 2. The number of carbonyl (C=O) groups excluding carboxylic acids is 1. The summed E-state index contributed by atoms with van der Waals surface area (Å²) >= 11 is 0. The van der Waals surface area contributed by atoms with Crippen LogP contribution in [0.4, 0.5) is 0 Å². The van der Waals surface area contributed by atoms with Gasteiger partial charge in [-0.25, -0.2) is 8.42 Å². The third kappa shape index (κ3) is 5.16. The zero-order valence-corrected chi connectivity index (χ0v) is 16.5. The molecule has 0 saturated carbocycles. The first-order valence-corrected chi connectivity index (χ1v) is 10.7. The van der Waals surface area contributed by atoms with E-state index in [-0.39, 0.29) is 10.8 Å². The second-order valence-corrected chi connectivity index (χ2v) is 8.13. The zero-order valence-electron chi connectivity index (χ0n) is 15.6. The van der Waals surface area contributed by atoms with Crippen molar-refractivity contribution in [3.63, 3.8) is 0 Å². The number of amides is 1. The highest BCUT2D eigenvalue weighted by Gasteiger charge is 2.29. The second-order valence-electron chi connectivity index (χ2n) is 6.48. The van der Waals surface area contributed by atoms with Gasteiger partial charge in [-0.2, -0.15) is 4.98 Å². The maximum Gasteiger partial charge on any atom is 0.263 e. The molecule has 1 aliphatic heterocycles. The van der Waals surface area contributed by atoms with E-state index >= 15 is 0 Å². The average molecular weight is 405 g/mol. The van der Waals surface area contributed by atoms with Gasteiger partial charge in [-0.1, -0.05) is 23.7 Å². The molecule has 0 bridgehead atoms. The molecule has 9 nitrogen and oxygen atoms in total. The molecule has 1 amide bonds. The van der Waals surface area contributed by atoms with Gasteiger partial charge in [0.05, 0.1) is 4.90 Å². The Kier molecular flexibility index (Phi) is 6.40. The second kappa shape index (κ2) is 8.96. The predicted octanol–water partition coefficient (Wildman–Crippen LogP) is 1.34. The summed E-state index contributed by atoms with van der Waals surface area (Å²) in [6, 6.07) is 6.79. The minimum atomic E-state index is -3.49. The molecule has 0 radical (unpaired) electrons. The van der Waals surface area contributed by atoms with Crippen molar-refractivity contribution in [3.05, 3.63) is 41.5 Å². The Morgan fingerprint density at radius 1 is 1.25 bits per heavy atom. The SMILES string of the molecule is Cc1noc(CCNC(=O)CCCCCN=C2NS(=O)(=O)c3ccccc32)n1. The third-order valence-corrected chi connectivity index (χ3v) is 5.62. The van der Waals surface area contributed by atoms with Gasteiger partial charge in [0, 0.05) is 31.5 Å². The highest BCUT2D eigenvalue weighted by molar-refractivity contribution is 7.90. The highest BCUT2D eigenvalue weighted by Crippen LogP contribution is 2.22. The summed E-state index contributed by atoms with van der Waals surface area (Å²) in [5, 5.41) is 6.52. The number of aromatic nitrogens is 2. The van der Waals surface area contributed by atoms with Gasteiger partial charge >= 0.3 is 0 Å². The first-order valence-electron chi connectivity index (χ1n) is 9.18. The van der Waals surface area contributed by atoms with Gasteiger partial charge in [0.25, 0.3) is 10.0 Å². The Bertz CT molecular complexity index is 968. The Morgan fingerprint density at radius 3 is 2.86 bits per heavy atom. The lowest BCUT2D eigenvalue weighted by Crippen LogP contribution is -2.25. The lowest BCUT2D eigenvalue weighted by atomic mass is 10.2. The van der Waals surface area contributed by atoms with Crippen molar-refractivity contribution in [2.24, 2.45) is 4.99 Å². The van der Waals surface area contributed by atoms with Crippen LogP contribution in [0.25, 0.3) is 0 Å². The lowest BCUT2D eigenvalue weighted by molar-refractivity contribution is -0.121. The van der Waals surface area contributed by atoms with Crippen molar-refractivity contribution in [2.75, 3.05) is 13.1 Å². The molecular weight excluding hydrogens is 382 g/mol. The van der Waals surface area contributed by atoms with Crippen LogP contribution in [0.5, 0.6) is 0 Å². The molecule has 28 heavy (non-hydrogen) atoms. The van der Waals surface area contributed by atoms with Crippen LogP contribution in [-0.4, -0.2) is 43.4 Å². The molecule has 1 aromatic heterocycles. The van der Waals surface area contributed by atoms with Crippen molar-refractivity contribution >= 4 is 21.8 Å². The lowest BCUT2D eigenvalue weighted by Gasteiger charge is -2.03. The molecule has 2 aromatic rings. The van der Waals surface area contributed by atoms with Crippen LogP contribution in [0, 0.1) is 6.92 Å². The van der Waals surface area contributed by atoms with Gasteiger partial charge in [-0.05, 0) is 31.9 Å². The largest absolute Gasteiger partial charge is 0.356 e. The summed E-state index contributed by atoms with van der Waals surface area (Å²) < 4.78 is 31.5. The monoisotopic (exact) mass is 405 g/mol. The molecule has 0 saturated heterocycles. The van der Waals surface area contributed by atoms with Gasteiger partial charge in [0.1, 0.15) is 5.84 Å². The summed E-state index contributed by atoms with van der Waals surface area (Å²) in [6.07, 6.45) is 3.32. The van der Waals surface area contributed by atoms with Crippen LogP contribution in [0.2, 0.25) is 0 Å². The number of nitrogens with one attached hydrogen (secondary N) is 2. The van der Waals surface area contributed by atoms with Crippen molar-refractivity contribution in [2.45, 2.75) is 43.9 Å². The fraction of sp³-hybridized carbons (Fsp3) is 0.444. The molecule has 0 spiro atoms. The van der Waals surface area contributed by atoms with E-state index in [0.29, 0.717) is 49.0 Å². The first-order chi connectivity index (χ1) is 13.5. The maximum absolute atomic E-state index is 12.0. The average Bonchev–Trinajstić information content (AvgIpc) is 3.19. The molecule has 0 atom stereocenters. The fourth-order valence-corrected chi connectivity index (χ4v) is 4.11. The van der Waals surface area contributed by atoms with E-state index in [0.717, 1.165) is 19.3 Å². The number of amidine groups is 1. The number of sulfonamides is 1. The number of carbonyl (C=O) groups is 1. The number of unbranched alkanes of at least 4 members (excludes halogenated alkanes) is 2. The van der Waals surface area contributed by atoms with E-state index in [2.05, 4.69) is 25.2 Å². The van der Waals surface area contributed by atoms with Crippen LogP contribution in [0.3, 0.4) is 0 Å². The van der Waals surface area contributed by atoms with Gasteiger partial charge < -0.3 is 9.84 Å². The molecule has 150 valence electrons. The Hall–Kier alpha value is -2.75. The summed E-state index contributed by atoms with van der Waals surface area (Å²) in [7, 11) is -3.49. The van der Waals surface area contributed by atoms with E-state index < -0.39 is 10.0 Å². The van der Waals surface area contributed by atoms with Gasteiger partial charge in [0.15, 0.2) is 5.82 Å². The van der Waals surface area contributed by atoms with Gasteiger partial charge in [0.2, 0.25) is 11.8 Å². The van der Waals surface area contributed by atoms with Crippen LogP contribution >= 0.6 is 0 Å². The number of aryl methyl sites for hydroxylation is 1. The third-order valence-electron chi connectivity index (χ3n) is 4.23. The number of benzene rings is 1. The molecular formula is C18H23N5O4S. The number of hydrogen-bond acceptors (Lipinski definition) is 7. The van der Waals surface area contributed by atoms with Gasteiger partial charge in [-0.15, -0.1) is 0 Å². The van der Waals surface area contributed by atoms with E-state index in [4.69, 9.17) is 4.52 Å². The van der Waals surface area contributed by atoms with E-state index in [1.54, 1.807) is 31.2 Å². The Labute approximate surface area is 163 Å². The predicted molar refractivity (Wildman–Crippen MR) is 102 cm³/mol. The van der Waals surface area contributed by atoms with Crippen molar-refractivity contribution < 1.29 is 17.7 Å². The first kappa shape index (κ1) is 20.0. The van der Waals surface area contributed by atoms with Crippen LogP contribution < -0.4 is 10.0 Å². The standard InChI is InChI=1S/C18H23N5O4S/c1-13-21-17(27-22-13)10-12-19-16(24)9-3-2-6-11-20-18-14-7-4-5-8-15(14)28(25,26)23-18/h4-5,7-8H,2-3,6,9-12H2,1H3,(H,19,24)(H,20,23). The molecule has 10 heteroatoms. The van der Waals surface area contributed by atoms with Crippen molar-refractivity contribution in [1.82, 2.24) is 20.2 Å². The van der Waals surface area contributed by atoms with Gasteiger partial charge in [-0.3, -0.25) is 14.5 Å². The molecule has 0 fully saturated rings. The maximum atomic E-state index is 12.0. The minimum Gasteiger partial charge on any atom is -0.356 e. The molecule has 1 aliphatic rings. The molecule has 0 aliphatic carbocycles.